The number of nitrogens with one attached hydrogen (secondary N) is 2. The van der Waals surface area contributed by atoms with Gasteiger partial charge in [0.2, 0.25) is 0 Å². The summed E-state index contributed by atoms with van der Waals surface area (Å²) < 4.78 is 15.2. The number of nitrogens with zero attached hydrogens (tertiary/aromatic N) is 1. The summed E-state index contributed by atoms with van der Waals surface area (Å²) in [5.74, 6) is -0.508. The van der Waals surface area contributed by atoms with Gasteiger partial charge in [0.15, 0.2) is 0 Å². The Balaban J connectivity index is 1.67. The number of amides is 2. The number of hydrogen-bond acceptors (Lipinski definition) is 2. The molecule has 0 radical (unpaired) electrons. The van der Waals surface area contributed by atoms with E-state index in [1.54, 1.807) is 0 Å². The monoisotopic (exact) mass is 457 g/mol. The Labute approximate surface area is 198 Å². The second-order valence-electron chi connectivity index (χ2n) is 8.94. The lowest BCUT2D eigenvalue weighted by Gasteiger charge is -2.13. The molecule has 0 aliphatic heterocycles. The zero-order valence-electron chi connectivity index (χ0n) is 19.6. The molecule has 0 spiro atoms. The molecule has 174 valence electrons. The molecule has 0 saturated carbocycles. The quantitative estimate of drug-likeness (QED) is 0.370. The minimum Gasteiger partial charge on any atom is -0.351 e. The van der Waals surface area contributed by atoms with Crippen molar-refractivity contribution in [2.75, 3.05) is 11.9 Å². The van der Waals surface area contributed by atoms with Gasteiger partial charge in [0.1, 0.15) is 11.5 Å². The van der Waals surface area contributed by atoms with Crippen molar-refractivity contribution >= 4 is 28.4 Å². The summed E-state index contributed by atoms with van der Waals surface area (Å²) >= 11 is 0. The highest BCUT2D eigenvalue weighted by Crippen LogP contribution is 2.25. The van der Waals surface area contributed by atoms with Crippen molar-refractivity contribution in [2.24, 2.45) is 5.92 Å². The first kappa shape index (κ1) is 23.2. The Hall–Kier alpha value is -3.93. The smallest absolute Gasteiger partial charge is 0.267 e. The van der Waals surface area contributed by atoms with Crippen molar-refractivity contribution in [1.82, 2.24) is 9.88 Å². The molecule has 0 aliphatic carbocycles. The van der Waals surface area contributed by atoms with Gasteiger partial charge in [-0.3, -0.25) is 9.59 Å². The van der Waals surface area contributed by atoms with Gasteiger partial charge in [0.05, 0.1) is 0 Å². The van der Waals surface area contributed by atoms with Crippen LogP contribution in [0.3, 0.4) is 0 Å². The molecule has 34 heavy (non-hydrogen) atoms. The van der Waals surface area contributed by atoms with Crippen LogP contribution in [0.2, 0.25) is 0 Å². The Morgan fingerprint density at radius 3 is 2.41 bits per heavy atom. The maximum absolute atomic E-state index is 13.2. The van der Waals surface area contributed by atoms with Crippen LogP contribution in [0.4, 0.5) is 10.1 Å². The summed E-state index contributed by atoms with van der Waals surface area (Å²) in [5.41, 5.74) is 4.70. The molecule has 0 unspecified atom stereocenters. The fourth-order valence-corrected chi connectivity index (χ4v) is 3.89. The molecular weight excluding hydrogens is 429 g/mol. The predicted octanol–water partition coefficient (Wildman–Crippen LogP) is 5.78. The topological polar surface area (TPSA) is 63.1 Å². The third kappa shape index (κ3) is 5.34. The number of anilines is 1. The number of carbonyl (C=O) groups is 2. The number of rotatable bonds is 7. The lowest BCUT2D eigenvalue weighted by atomic mass is 10.1. The van der Waals surface area contributed by atoms with Gasteiger partial charge in [0.25, 0.3) is 11.8 Å². The molecule has 2 N–H and O–H groups in total. The van der Waals surface area contributed by atoms with Crippen molar-refractivity contribution in [1.29, 1.82) is 0 Å². The molecule has 5 nitrogen and oxygen atoms in total. The van der Waals surface area contributed by atoms with E-state index in [0.29, 0.717) is 36.0 Å². The largest absolute Gasteiger partial charge is 0.351 e. The number of halogens is 1. The number of aromatic nitrogens is 1. The minimum absolute atomic E-state index is 0.130. The van der Waals surface area contributed by atoms with Crippen LogP contribution in [0.15, 0.2) is 72.8 Å². The summed E-state index contributed by atoms with van der Waals surface area (Å²) in [7, 11) is 0. The summed E-state index contributed by atoms with van der Waals surface area (Å²) in [4.78, 5) is 25.6. The molecule has 2 amide bonds. The molecule has 4 aromatic rings. The van der Waals surface area contributed by atoms with Gasteiger partial charge in [-0.2, -0.15) is 0 Å². The van der Waals surface area contributed by atoms with Crippen LogP contribution in [0, 0.1) is 18.7 Å². The maximum Gasteiger partial charge on any atom is 0.267 e. The summed E-state index contributed by atoms with van der Waals surface area (Å²) in [6.07, 6.45) is 0. The molecule has 0 atom stereocenters. The van der Waals surface area contributed by atoms with E-state index in [9.17, 15) is 14.0 Å². The van der Waals surface area contributed by atoms with E-state index in [1.807, 2.05) is 54.0 Å². The van der Waals surface area contributed by atoms with Gasteiger partial charge in [-0.15, -0.1) is 0 Å². The second-order valence-corrected chi connectivity index (χ2v) is 8.94. The van der Waals surface area contributed by atoms with Crippen molar-refractivity contribution in [3.63, 3.8) is 0 Å². The fraction of sp³-hybridized carbons (Fsp3) is 0.214. The Kier molecular flexibility index (Phi) is 6.77. The van der Waals surface area contributed by atoms with Crippen LogP contribution in [-0.2, 0) is 6.54 Å². The molecule has 1 heterocycles. The molecule has 6 heteroatoms. The lowest BCUT2D eigenvalue weighted by Crippen LogP contribution is -2.29. The number of aryl methyl sites for hydroxylation is 1. The van der Waals surface area contributed by atoms with Crippen molar-refractivity contribution in [2.45, 2.75) is 27.3 Å². The van der Waals surface area contributed by atoms with E-state index in [1.165, 1.54) is 24.3 Å². The van der Waals surface area contributed by atoms with E-state index >= 15 is 0 Å². The Morgan fingerprint density at radius 1 is 0.941 bits per heavy atom. The summed E-state index contributed by atoms with van der Waals surface area (Å²) in [6, 6.07) is 21.0. The number of carbonyl (C=O) groups excluding carboxylic acids is 2. The standard InChI is InChI=1S/C28H28FN3O2/c1-18(2)16-30-28(34)26-15-22-14-24(31-27(33)21-7-9-23(29)10-8-21)11-12-25(22)32(26)17-20-6-4-5-19(3)13-20/h4-15,18H,16-17H2,1-3H3,(H,30,34)(H,31,33). The first-order valence-electron chi connectivity index (χ1n) is 11.3. The highest BCUT2D eigenvalue weighted by atomic mass is 19.1. The predicted molar refractivity (Wildman–Crippen MR) is 134 cm³/mol. The SMILES string of the molecule is Cc1cccc(Cn2c(C(=O)NCC(C)C)cc3cc(NC(=O)c4ccc(F)cc4)ccc32)c1. The third-order valence-electron chi connectivity index (χ3n) is 5.59. The van der Waals surface area contributed by atoms with E-state index in [0.717, 1.165) is 22.0 Å². The number of benzene rings is 3. The maximum atomic E-state index is 13.2. The van der Waals surface area contributed by atoms with Gasteiger partial charge in [0, 0.05) is 35.2 Å². The van der Waals surface area contributed by atoms with Crippen molar-refractivity contribution < 1.29 is 14.0 Å². The zero-order valence-corrected chi connectivity index (χ0v) is 19.6. The zero-order chi connectivity index (χ0) is 24.2. The van der Waals surface area contributed by atoms with E-state index < -0.39 is 5.82 Å². The van der Waals surface area contributed by atoms with E-state index in [4.69, 9.17) is 0 Å². The van der Waals surface area contributed by atoms with E-state index in [2.05, 4.69) is 30.5 Å². The van der Waals surface area contributed by atoms with Gasteiger partial charge < -0.3 is 15.2 Å². The minimum atomic E-state index is -0.392. The van der Waals surface area contributed by atoms with Crippen molar-refractivity contribution in [3.05, 3.63) is 101 Å². The lowest BCUT2D eigenvalue weighted by molar-refractivity contribution is 0.0940. The first-order valence-corrected chi connectivity index (χ1v) is 11.3. The van der Waals surface area contributed by atoms with Crippen molar-refractivity contribution in [3.8, 4) is 0 Å². The molecule has 0 aliphatic rings. The first-order chi connectivity index (χ1) is 16.3. The molecule has 4 rings (SSSR count). The fourth-order valence-electron chi connectivity index (χ4n) is 3.89. The van der Waals surface area contributed by atoms with Crippen LogP contribution in [0.5, 0.6) is 0 Å². The van der Waals surface area contributed by atoms with E-state index in [-0.39, 0.29) is 11.8 Å². The van der Waals surface area contributed by atoms with Gasteiger partial charge in [-0.25, -0.2) is 4.39 Å². The highest BCUT2D eigenvalue weighted by molar-refractivity contribution is 6.06. The normalized spacial score (nSPS) is 11.1. The Morgan fingerprint density at radius 2 is 1.71 bits per heavy atom. The van der Waals surface area contributed by atoms with Crippen LogP contribution >= 0.6 is 0 Å². The third-order valence-corrected chi connectivity index (χ3v) is 5.59. The van der Waals surface area contributed by atoms with Crippen LogP contribution in [0.25, 0.3) is 10.9 Å². The number of fused-ring (bicyclic) bond motifs is 1. The van der Waals surface area contributed by atoms with Gasteiger partial charge >= 0.3 is 0 Å². The summed E-state index contributed by atoms with van der Waals surface area (Å²) in [6.45, 7) is 7.29. The number of hydrogen-bond donors (Lipinski definition) is 2. The Bertz CT molecular complexity index is 1340. The molecule has 0 saturated heterocycles. The molecular formula is C28H28FN3O2. The van der Waals surface area contributed by atoms with Crippen LogP contribution in [-0.4, -0.2) is 22.9 Å². The molecule has 1 aromatic heterocycles. The van der Waals surface area contributed by atoms with Gasteiger partial charge in [-0.05, 0) is 66.9 Å². The molecule has 0 fully saturated rings. The average molecular weight is 458 g/mol. The second kappa shape index (κ2) is 9.91. The average Bonchev–Trinajstić information content (AvgIpc) is 3.15. The van der Waals surface area contributed by atoms with Crippen LogP contribution < -0.4 is 10.6 Å². The molecule has 3 aromatic carbocycles. The summed E-state index contributed by atoms with van der Waals surface area (Å²) in [5, 5.41) is 6.71. The molecule has 0 bridgehead atoms. The van der Waals surface area contributed by atoms with Gasteiger partial charge in [-0.1, -0.05) is 43.7 Å². The van der Waals surface area contributed by atoms with Crippen LogP contribution in [0.1, 0.15) is 45.8 Å². The highest BCUT2D eigenvalue weighted by Gasteiger charge is 2.17.